The number of aliphatic carboxylic acids is 1. The van der Waals surface area contributed by atoms with Gasteiger partial charge < -0.3 is 16.6 Å². The molecule has 1 aliphatic heterocycles. The molecule has 4 N–H and O–H groups in total. The maximum absolute atomic E-state index is 10.1. The summed E-state index contributed by atoms with van der Waals surface area (Å²) in [5.74, 6) is -0.720. The van der Waals surface area contributed by atoms with Gasteiger partial charge in [-0.25, -0.2) is 0 Å². The Bertz CT molecular complexity index is 104. The molecule has 1 saturated heterocycles. The SMILES string of the molecule is O=C(O)[C@@H]1CCCN1.[K+].[NH2-]. The molecule has 1 aliphatic rings. The van der Waals surface area contributed by atoms with Gasteiger partial charge in [0.1, 0.15) is 6.04 Å². The van der Waals surface area contributed by atoms with E-state index in [0.717, 1.165) is 19.4 Å². The number of hydrogen-bond donors (Lipinski definition) is 2. The van der Waals surface area contributed by atoms with Gasteiger partial charge in [-0.05, 0) is 19.4 Å². The number of nitrogens with one attached hydrogen (secondary N) is 1. The smallest absolute Gasteiger partial charge is 0.693 e. The molecule has 0 amide bonds. The summed E-state index contributed by atoms with van der Waals surface area (Å²) in [6, 6.07) is -0.269. The maximum atomic E-state index is 10.1. The molecule has 0 saturated carbocycles. The van der Waals surface area contributed by atoms with E-state index in [1.165, 1.54) is 0 Å². The average Bonchev–Trinajstić information content (AvgIpc) is 2.12. The molecule has 0 unspecified atom stereocenters. The van der Waals surface area contributed by atoms with Gasteiger partial charge in [0, 0.05) is 0 Å². The molecule has 0 radical (unpaired) electrons. The van der Waals surface area contributed by atoms with E-state index in [1.54, 1.807) is 0 Å². The van der Waals surface area contributed by atoms with Crippen molar-refractivity contribution in [2.24, 2.45) is 0 Å². The van der Waals surface area contributed by atoms with Gasteiger partial charge in [0.2, 0.25) is 0 Å². The fourth-order valence-electron chi connectivity index (χ4n) is 0.895. The second-order valence-corrected chi connectivity index (χ2v) is 1.99. The van der Waals surface area contributed by atoms with E-state index in [0.29, 0.717) is 0 Å². The molecule has 10 heavy (non-hydrogen) atoms. The third-order valence-electron chi connectivity index (χ3n) is 1.36. The van der Waals surface area contributed by atoms with Crippen molar-refractivity contribution in [2.75, 3.05) is 6.54 Å². The summed E-state index contributed by atoms with van der Waals surface area (Å²) in [4.78, 5) is 10.1. The Morgan fingerprint density at radius 1 is 1.60 bits per heavy atom. The number of carboxylic acids is 1. The van der Waals surface area contributed by atoms with Crippen LogP contribution >= 0.6 is 0 Å². The topological polar surface area (TPSA) is 82.8 Å². The predicted octanol–water partition coefficient (Wildman–Crippen LogP) is -2.46. The summed E-state index contributed by atoms with van der Waals surface area (Å²) in [5, 5.41) is 11.2. The van der Waals surface area contributed by atoms with E-state index < -0.39 is 5.97 Å². The number of nitrogens with two attached hydrogens (primary N) is 1. The first-order valence-corrected chi connectivity index (χ1v) is 2.77. The summed E-state index contributed by atoms with van der Waals surface area (Å²) in [6.45, 7) is 0.858. The van der Waals surface area contributed by atoms with E-state index >= 15 is 0 Å². The van der Waals surface area contributed by atoms with E-state index in [4.69, 9.17) is 5.11 Å². The fraction of sp³-hybridized carbons (Fsp3) is 0.800. The van der Waals surface area contributed by atoms with Crippen LogP contribution in [0.25, 0.3) is 6.15 Å². The van der Waals surface area contributed by atoms with Crippen LogP contribution < -0.4 is 56.7 Å². The Morgan fingerprint density at radius 2 is 2.20 bits per heavy atom. The van der Waals surface area contributed by atoms with Crippen molar-refractivity contribution in [2.45, 2.75) is 18.9 Å². The van der Waals surface area contributed by atoms with Gasteiger partial charge >= 0.3 is 57.4 Å². The minimum absolute atomic E-state index is 0. The van der Waals surface area contributed by atoms with Crippen LogP contribution in [-0.4, -0.2) is 23.7 Å². The molecule has 0 aromatic rings. The maximum Gasteiger partial charge on any atom is 1.00 e. The molecule has 0 aromatic carbocycles. The summed E-state index contributed by atoms with van der Waals surface area (Å²) in [7, 11) is 0. The number of carboxylic acid groups (broad SMARTS) is 1. The largest absolute Gasteiger partial charge is 1.00 e. The Hall–Kier alpha value is 1.03. The van der Waals surface area contributed by atoms with Crippen molar-refractivity contribution >= 4 is 5.97 Å². The van der Waals surface area contributed by atoms with E-state index in [9.17, 15) is 4.79 Å². The molecule has 0 aliphatic carbocycles. The van der Waals surface area contributed by atoms with Crippen molar-refractivity contribution in [1.82, 2.24) is 5.32 Å². The number of hydrogen-bond acceptors (Lipinski definition) is 2. The van der Waals surface area contributed by atoms with Crippen LogP contribution in [0.1, 0.15) is 12.8 Å². The molecule has 4 nitrogen and oxygen atoms in total. The van der Waals surface area contributed by atoms with Crippen LogP contribution in [-0.2, 0) is 4.79 Å². The normalized spacial score (nSPS) is 22.6. The average molecular weight is 170 g/mol. The quantitative estimate of drug-likeness (QED) is 0.428. The third-order valence-corrected chi connectivity index (χ3v) is 1.36. The molecule has 1 fully saturated rings. The molecule has 54 valence electrons. The summed E-state index contributed by atoms with van der Waals surface area (Å²) in [6.07, 6.45) is 1.78. The number of carbonyl (C=O) groups is 1. The van der Waals surface area contributed by atoms with E-state index in [-0.39, 0.29) is 63.6 Å². The van der Waals surface area contributed by atoms with Crippen LogP contribution in [0.2, 0.25) is 0 Å². The molecule has 1 atom stereocenters. The Morgan fingerprint density at radius 3 is 2.40 bits per heavy atom. The van der Waals surface area contributed by atoms with Crippen molar-refractivity contribution in [3.63, 3.8) is 0 Å². The minimum atomic E-state index is -0.720. The van der Waals surface area contributed by atoms with Gasteiger partial charge in [0.15, 0.2) is 0 Å². The van der Waals surface area contributed by atoms with Gasteiger partial charge in [-0.1, -0.05) is 0 Å². The second kappa shape index (κ2) is 6.72. The zero-order valence-electron chi connectivity index (χ0n) is 6.13. The van der Waals surface area contributed by atoms with Gasteiger partial charge in [-0.3, -0.25) is 4.79 Å². The molecule has 1 rings (SSSR count). The Kier molecular flexibility index (Phi) is 9.14. The van der Waals surface area contributed by atoms with Gasteiger partial charge in [0.25, 0.3) is 0 Å². The third kappa shape index (κ3) is 4.02. The summed E-state index contributed by atoms with van der Waals surface area (Å²) < 4.78 is 0. The zero-order chi connectivity index (χ0) is 5.98. The summed E-state index contributed by atoms with van der Waals surface area (Å²) >= 11 is 0. The van der Waals surface area contributed by atoms with Crippen LogP contribution in [0.4, 0.5) is 0 Å². The fourth-order valence-corrected chi connectivity index (χ4v) is 0.895. The van der Waals surface area contributed by atoms with Gasteiger partial charge in [-0.15, -0.1) is 0 Å². The first-order chi connectivity index (χ1) is 3.80. The molecule has 1 heterocycles. The van der Waals surface area contributed by atoms with Crippen molar-refractivity contribution < 1.29 is 61.3 Å². The Balaban J connectivity index is 0. The monoisotopic (exact) mass is 170 g/mol. The first-order valence-electron chi connectivity index (χ1n) is 2.77. The Labute approximate surface area is 103 Å². The molecular weight excluding hydrogens is 159 g/mol. The van der Waals surface area contributed by atoms with Crippen molar-refractivity contribution in [3.05, 3.63) is 6.15 Å². The molecular formula is C5H11KN2O2. The standard InChI is InChI=1S/C5H9NO2.K.H2N/c7-5(8)4-2-1-3-6-4;;/h4,6H,1-3H2,(H,7,8);;1H2/q;+1;-1/t4-;;/m0../s1. The predicted molar refractivity (Wildman–Crippen MR) is 33.9 cm³/mol. The second-order valence-electron chi connectivity index (χ2n) is 1.99. The summed E-state index contributed by atoms with van der Waals surface area (Å²) in [5.41, 5.74) is 0. The first kappa shape index (κ1) is 13.6. The number of rotatable bonds is 1. The van der Waals surface area contributed by atoms with E-state index in [2.05, 4.69) is 5.32 Å². The molecule has 0 bridgehead atoms. The van der Waals surface area contributed by atoms with Crippen molar-refractivity contribution in [3.8, 4) is 0 Å². The van der Waals surface area contributed by atoms with Gasteiger partial charge in [-0.2, -0.15) is 0 Å². The zero-order valence-corrected chi connectivity index (χ0v) is 9.25. The van der Waals surface area contributed by atoms with Gasteiger partial charge in [0.05, 0.1) is 0 Å². The molecule has 5 heteroatoms. The van der Waals surface area contributed by atoms with Crippen LogP contribution in [0.5, 0.6) is 0 Å². The molecule has 0 spiro atoms. The molecule has 0 aromatic heterocycles. The van der Waals surface area contributed by atoms with Crippen LogP contribution in [0.3, 0.4) is 0 Å². The van der Waals surface area contributed by atoms with Crippen LogP contribution in [0.15, 0.2) is 0 Å². The van der Waals surface area contributed by atoms with Crippen molar-refractivity contribution in [1.29, 1.82) is 0 Å². The van der Waals surface area contributed by atoms with Crippen LogP contribution in [0, 0.1) is 0 Å². The minimum Gasteiger partial charge on any atom is -0.693 e. The van der Waals surface area contributed by atoms with E-state index in [1.807, 2.05) is 0 Å².